The normalized spacial score (nSPS) is 14.0. The number of anilines is 2. The van der Waals surface area contributed by atoms with E-state index in [0.29, 0.717) is 35.7 Å². The van der Waals surface area contributed by atoms with E-state index in [2.05, 4.69) is 25.7 Å². The highest BCUT2D eigenvalue weighted by Crippen LogP contribution is 2.32. The van der Waals surface area contributed by atoms with Gasteiger partial charge in [0.25, 0.3) is 5.91 Å². The van der Waals surface area contributed by atoms with Crippen LogP contribution in [0.2, 0.25) is 0 Å². The van der Waals surface area contributed by atoms with Gasteiger partial charge in [0.05, 0.1) is 17.9 Å². The van der Waals surface area contributed by atoms with Crippen LogP contribution in [0, 0.1) is 5.82 Å². The zero-order chi connectivity index (χ0) is 22.5. The van der Waals surface area contributed by atoms with Gasteiger partial charge in [0, 0.05) is 36.5 Å². The van der Waals surface area contributed by atoms with Crippen molar-refractivity contribution in [3.05, 3.63) is 77.4 Å². The minimum absolute atomic E-state index is 0.276. The van der Waals surface area contributed by atoms with E-state index in [1.54, 1.807) is 12.3 Å². The molecule has 3 N–H and O–H groups in total. The summed E-state index contributed by atoms with van der Waals surface area (Å²) in [6, 6.07) is 14.1. The van der Waals surface area contributed by atoms with E-state index < -0.39 is 0 Å². The summed E-state index contributed by atoms with van der Waals surface area (Å²) in [5, 5.41) is 13.0. The molecule has 1 aliphatic heterocycles. The number of halogens is 1. The Morgan fingerprint density at radius 3 is 2.75 bits per heavy atom. The molecule has 0 spiro atoms. The molecule has 0 saturated heterocycles. The van der Waals surface area contributed by atoms with Crippen molar-refractivity contribution in [2.45, 2.75) is 12.8 Å². The first kappa shape index (κ1) is 21.6. The number of nitrogens with zero attached hydrogens (tertiary/aromatic N) is 2. The number of H-pyrrole nitrogens is 1. The smallest absolute Gasteiger partial charge is 0.257 e. The van der Waals surface area contributed by atoms with Crippen molar-refractivity contribution in [3.8, 4) is 5.75 Å². The van der Waals surface area contributed by atoms with Gasteiger partial charge in [-0.1, -0.05) is 12.1 Å². The maximum Gasteiger partial charge on any atom is 0.257 e. The molecule has 3 aromatic rings. The molecule has 2 heterocycles. The number of rotatable bonds is 9. The van der Waals surface area contributed by atoms with Crippen LogP contribution in [0.4, 0.5) is 15.9 Å². The lowest BCUT2D eigenvalue weighted by Crippen LogP contribution is -2.15. The molecule has 0 saturated carbocycles. The van der Waals surface area contributed by atoms with Crippen LogP contribution in [0.15, 0.2) is 54.7 Å². The van der Waals surface area contributed by atoms with Crippen molar-refractivity contribution in [2.24, 2.45) is 0 Å². The monoisotopic (exact) mass is 435 g/mol. The number of benzene rings is 2. The average Bonchev–Trinajstić information content (AvgIpc) is 3.33. The third kappa shape index (κ3) is 5.33. The SMILES string of the molecule is CN(C)CCCOc1ccc(Cc2cc(N/C=C3/C(=O)Nc4ccc(F)cc43)[nH]n2)cc1. The summed E-state index contributed by atoms with van der Waals surface area (Å²) in [6.45, 7) is 1.69. The molecular formula is C24H26FN5O2. The minimum atomic E-state index is -0.389. The van der Waals surface area contributed by atoms with Gasteiger partial charge in [0.15, 0.2) is 0 Å². The van der Waals surface area contributed by atoms with Crippen LogP contribution in [-0.4, -0.2) is 48.3 Å². The molecule has 2 aromatic carbocycles. The Morgan fingerprint density at radius 2 is 1.97 bits per heavy atom. The minimum Gasteiger partial charge on any atom is -0.494 e. The molecule has 7 nitrogen and oxygen atoms in total. The van der Waals surface area contributed by atoms with Crippen molar-refractivity contribution >= 4 is 23.0 Å². The van der Waals surface area contributed by atoms with Crippen molar-refractivity contribution in [3.63, 3.8) is 0 Å². The summed E-state index contributed by atoms with van der Waals surface area (Å²) >= 11 is 0. The number of fused-ring (bicyclic) bond motifs is 1. The fourth-order valence-electron chi connectivity index (χ4n) is 3.46. The molecule has 0 radical (unpaired) electrons. The number of ether oxygens (including phenoxy) is 1. The number of aromatic nitrogens is 2. The third-order valence-electron chi connectivity index (χ3n) is 5.09. The molecule has 166 valence electrons. The summed E-state index contributed by atoms with van der Waals surface area (Å²) in [6.07, 6.45) is 3.20. The van der Waals surface area contributed by atoms with Crippen LogP contribution in [0.25, 0.3) is 5.57 Å². The van der Waals surface area contributed by atoms with Crippen molar-refractivity contribution in [1.29, 1.82) is 0 Å². The summed E-state index contributed by atoms with van der Waals surface area (Å²) in [7, 11) is 4.10. The molecule has 8 heteroatoms. The number of nitrogens with one attached hydrogen (secondary N) is 3. The van der Waals surface area contributed by atoms with Gasteiger partial charge in [0.1, 0.15) is 17.4 Å². The number of carbonyl (C=O) groups excluding carboxylic acids is 1. The highest BCUT2D eigenvalue weighted by Gasteiger charge is 2.24. The van der Waals surface area contributed by atoms with E-state index in [1.165, 1.54) is 12.1 Å². The van der Waals surface area contributed by atoms with Gasteiger partial charge in [-0.15, -0.1) is 0 Å². The number of amides is 1. The first-order chi connectivity index (χ1) is 15.5. The molecular weight excluding hydrogens is 409 g/mol. The summed E-state index contributed by atoms with van der Waals surface area (Å²) in [5.74, 6) is 0.836. The predicted molar refractivity (Wildman–Crippen MR) is 123 cm³/mol. The molecule has 1 aliphatic rings. The zero-order valence-corrected chi connectivity index (χ0v) is 18.1. The van der Waals surface area contributed by atoms with Crippen LogP contribution < -0.4 is 15.4 Å². The van der Waals surface area contributed by atoms with Gasteiger partial charge >= 0.3 is 0 Å². The van der Waals surface area contributed by atoms with E-state index >= 15 is 0 Å². The van der Waals surface area contributed by atoms with Crippen molar-refractivity contribution < 1.29 is 13.9 Å². The Bertz CT molecular complexity index is 1120. The first-order valence-electron chi connectivity index (χ1n) is 10.5. The number of aromatic amines is 1. The molecule has 1 amide bonds. The zero-order valence-electron chi connectivity index (χ0n) is 18.1. The lowest BCUT2D eigenvalue weighted by molar-refractivity contribution is -0.110. The quantitative estimate of drug-likeness (QED) is 0.351. The van der Waals surface area contributed by atoms with E-state index in [0.717, 1.165) is 30.0 Å². The molecule has 4 rings (SSSR count). The van der Waals surface area contributed by atoms with Crippen LogP contribution in [0.3, 0.4) is 0 Å². The Hall–Kier alpha value is -3.65. The largest absolute Gasteiger partial charge is 0.494 e. The van der Waals surface area contributed by atoms with E-state index in [4.69, 9.17) is 4.74 Å². The summed E-state index contributed by atoms with van der Waals surface area (Å²) in [4.78, 5) is 14.3. The average molecular weight is 436 g/mol. The predicted octanol–water partition coefficient (Wildman–Crippen LogP) is 3.88. The fourth-order valence-corrected chi connectivity index (χ4v) is 3.46. The van der Waals surface area contributed by atoms with Crippen LogP contribution in [-0.2, 0) is 11.2 Å². The van der Waals surface area contributed by atoms with E-state index in [9.17, 15) is 9.18 Å². The third-order valence-corrected chi connectivity index (χ3v) is 5.09. The molecule has 0 aliphatic carbocycles. The molecule has 0 fully saturated rings. The van der Waals surface area contributed by atoms with Gasteiger partial charge in [0.2, 0.25) is 0 Å². The second-order valence-electron chi connectivity index (χ2n) is 7.95. The highest BCUT2D eigenvalue weighted by atomic mass is 19.1. The standard InChI is InChI=1S/C24H26FN5O2/c1-30(2)10-3-11-32-19-7-4-16(5-8-19)12-18-14-23(29-28-18)26-15-21-20-13-17(25)6-9-22(20)27-24(21)31/h4-9,13-15H,3,10-12H2,1-2H3,(H,27,31)(H2,26,28,29)/b21-15+. The Labute approximate surface area is 186 Å². The Balaban J connectivity index is 1.33. The molecule has 32 heavy (non-hydrogen) atoms. The molecule has 0 bridgehead atoms. The second-order valence-corrected chi connectivity index (χ2v) is 7.95. The maximum absolute atomic E-state index is 13.6. The van der Waals surface area contributed by atoms with Gasteiger partial charge in [-0.25, -0.2) is 4.39 Å². The number of hydrogen-bond acceptors (Lipinski definition) is 5. The molecule has 0 unspecified atom stereocenters. The van der Waals surface area contributed by atoms with Gasteiger partial charge in [-0.3, -0.25) is 9.89 Å². The van der Waals surface area contributed by atoms with E-state index in [-0.39, 0.29) is 11.7 Å². The van der Waals surface area contributed by atoms with Gasteiger partial charge in [-0.05, 0) is 56.4 Å². The summed E-state index contributed by atoms with van der Waals surface area (Å²) < 4.78 is 19.3. The molecule has 1 aromatic heterocycles. The second kappa shape index (κ2) is 9.65. The van der Waals surface area contributed by atoms with Crippen LogP contribution in [0.5, 0.6) is 5.75 Å². The number of carbonyl (C=O) groups is 1. The topological polar surface area (TPSA) is 82.3 Å². The van der Waals surface area contributed by atoms with E-state index in [1.807, 2.05) is 44.4 Å². The lowest BCUT2D eigenvalue weighted by Gasteiger charge is -2.10. The number of hydrogen-bond donors (Lipinski definition) is 3. The lowest BCUT2D eigenvalue weighted by atomic mass is 10.1. The fraction of sp³-hybridized carbons (Fsp3) is 0.250. The molecule has 0 atom stereocenters. The Kier molecular flexibility index (Phi) is 6.51. The highest BCUT2D eigenvalue weighted by molar-refractivity contribution is 6.31. The van der Waals surface area contributed by atoms with Gasteiger partial charge < -0.3 is 20.3 Å². The van der Waals surface area contributed by atoms with Crippen molar-refractivity contribution in [1.82, 2.24) is 15.1 Å². The van der Waals surface area contributed by atoms with Crippen LogP contribution >= 0.6 is 0 Å². The van der Waals surface area contributed by atoms with Crippen molar-refractivity contribution in [2.75, 3.05) is 37.9 Å². The summed E-state index contributed by atoms with van der Waals surface area (Å²) in [5.41, 5.74) is 3.47. The maximum atomic E-state index is 13.6. The van der Waals surface area contributed by atoms with Crippen LogP contribution in [0.1, 0.15) is 23.2 Å². The van der Waals surface area contributed by atoms with Gasteiger partial charge in [-0.2, -0.15) is 5.10 Å². The Morgan fingerprint density at radius 1 is 1.16 bits per heavy atom. The first-order valence-corrected chi connectivity index (χ1v) is 10.5.